The fraction of sp³-hybridized carbons (Fsp3) is 0.808. The van der Waals surface area contributed by atoms with Gasteiger partial charge in [0.25, 0.3) is 0 Å². The Morgan fingerprint density at radius 3 is 2.59 bits per heavy atom. The Hall–Kier alpha value is -1.35. The van der Waals surface area contributed by atoms with E-state index in [9.17, 15) is 29.5 Å². The Morgan fingerprint density at radius 2 is 1.95 bits per heavy atom. The highest BCUT2D eigenvalue weighted by molar-refractivity contribution is 8.13. The second-order valence-electron chi connectivity index (χ2n) is 11.2. The summed E-state index contributed by atoms with van der Waals surface area (Å²) in [6, 6.07) is 1.36. The summed E-state index contributed by atoms with van der Waals surface area (Å²) < 4.78 is 33.7. The van der Waals surface area contributed by atoms with Crippen LogP contribution >= 0.6 is 19.5 Å². The normalized spacial score (nSPS) is 24.6. The van der Waals surface area contributed by atoms with Crippen molar-refractivity contribution < 1.29 is 38.5 Å². The van der Waals surface area contributed by atoms with Gasteiger partial charge in [0.15, 0.2) is 11.3 Å². The van der Waals surface area contributed by atoms with E-state index in [4.69, 9.17) is 19.5 Å². The van der Waals surface area contributed by atoms with Gasteiger partial charge < -0.3 is 25.8 Å². The first-order chi connectivity index (χ1) is 19.2. The fourth-order valence-electron chi connectivity index (χ4n) is 4.17. The monoisotopic (exact) mass is 622 g/mol. The first-order valence-corrected chi connectivity index (χ1v) is 16.5. The van der Waals surface area contributed by atoms with Crippen molar-refractivity contribution >= 4 is 30.4 Å². The largest absolute Gasteiger partial charge is 0.408 e. The molecular formula is C26H47N4O9PS. The van der Waals surface area contributed by atoms with Crippen molar-refractivity contribution in [1.29, 1.82) is 0 Å². The van der Waals surface area contributed by atoms with Gasteiger partial charge >= 0.3 is 13.4 Å². The first-order valence-electron chi connectivity index (χ1n) is 14.0. The third kappa shape index (κ3) is 9.84. The molecule has 0 aromatic carbocycles. The molecule has 15 heteroatoms. The lowest BCUT2D eigenvalue weighted by Gasteiger charge is -2.29. The van der Waals surface area contributed by atoms with Crippen LogP contribution in [0.5, 0.6) is 0 Å². The Kier molecular flexibility index (Phi) is 13.9. The summed E-state index contributed by atoms with van der Waals surface area (Å²) in [5, 5.41) is 31.0. The molecule has 2 heterocycles. The molecule has 0 bridgehead atoms. The zero-order valence-electron chi connectivity index (χ0n) is 24.7. The maximum atomic E-state index is 13.9. The highest BCUT2D eigenvalue weighted by atomic mass is 32.2. The van der Waals surface area contributed by atoms with Crippen molar-refractivity contribution in [2.45, 2.75) is 90.3 Å². The number of aromatic nitrogens is 2. The molecule has 1 aromatic rings. The summed E-state index contributed by atoms with van der Waals surface area (Å²) >= 11 is 0.969. The molecule has 0 radical (unpaired) electrons. The van der Waals surface area contributed by atoms with Gasteiger partial charge in [0.2, 0.25) is 0 Å². The molecule has 3 unspecified atom stereocenters. The molecule has 0 saturated carbocycles. The topological polar surface area (TPSA) is 187 Å². The predicted octanol–water partition coefficient (Wildman–Crippen LogP) is 2.55. The van der Waals surface area contributed by atoms with Crippen LogP contribution in [0.1, 0.15) is 72.4 Å². The minimum absolute atomic E-state index is 0.00408. The molecule has 13 nitrogen and oxygen atoms in total. The maximum absolute atomic E-state index is 13.9. The van der Waals surface area contributed by atoms with Crippen LogP contribution in [0.3, 0.4) is 0 Å². The highest BCUT2D eigenvalue weighted by Gasteiger charge is 2.54. The van der Waals surface area contributed by atoms with E-state index in [1.54, 1.807) is 20.9 Å². The lowest BCUT2D eigenvalue weighted by atomic mass is 9.96. The maximum Gasteiger partial charge on any atom is 0.408 e. The third-order valence-electron chi connectivity index (χ3n) is 7.03. The van der Waals surface area contributed by atoms with Gasteiger partial charge in [0.1, 0.15) is 23.6 Å². The predicted molar refractivity (Wildman–Crippen MR) is 157 cm³/mol. The van der Waals surface area contributed by atoms with Crippen LogP contribution in [-0.2, 0) is 23.1 Å². The number of unbranched alkanes of at least 4 members (excludes halogenated alkanes) is 5. The van der Waals surface area contributed by atoms with Crippen molar-refractivity contribution in [3.8, 4) is 0 Å². The van der Waals surface area contributed by atoms with Gasteiger partial charge in [-0.05, 0) is 40.3 Å². The van der Waals surface area contributed by atoms with E-state index in [2.05, 4.69) is 11.9 Å². The first kappa shape index (κ1) is 35.8. The quantitative estimate of drug-likeness (QED) is 0.138. The van der Waals surface area contributed by atoms with Crippen LogP contribution < -0.4 is 11.4 Å². The number of nitrogen functional groups attached to an aromatic ring is 1. The summed E-state index contributed by atoms with van der Waals surface area (Å²) in [4.78, 5) is 28.3. The van der Waals surface area contributed by atoms with Gasteiger partial charge in [-0.3, -0.25) is 18.4 Å². The minimum Gasteiger partial charge on any atom is -0.395 e. The van der Waals surface area contributed by atoms with E-state index >= 15 is 0 Å². The van der Waals surface area contributed by atoms with Crippen molar-refractivity contribution in [2.75, 3.05) is 44.9 Å². The van der Waals surface area contributed by atoms with Gasteiger partial charge in [-0.1, -0.05) is 50.8 Å². The Morgan fingerprint density at radius 1 is 1.29 bits per heavy atom. The van der Waals surface area contributed by atoms with Gasteiger partial charge in [-0.15, -0.1) is 0 Å². The molecule has 41 heavy (non-hydrogen) atoms. The molecule has 0 spiro atoms. The van der Waals surface area contributed by atoms with Crippen molar-refractivity contribution in [1.82, 2.24) is 14.2 Å². The fourth-order valence-corrected chi connectivity index (χ4v) is 6.62. The van der Waals surface area contributed by atoms with E-state index in [0.29, 0.717) is 6.54 Å². The summed E-state index contributed by atoms with van der Waals surface area (Å²) in [7, 11) is -2.30. The van der Waals surface area contributed by atoms with E-state index in [1.165, 1.54) is 23.9 Å². The van der Waals surface area contributed by atoms with Crippen LogP contribution in [0.2, 0.25) is 0 Å². The van der Waals surface area contributed by atoms with E-state index < -0.39 is 49.5 Å². The van der Waals surface area contributed by atoms with Gasteiger partial charge in [0, 0.05) is 18.5 Å². The molecule has 1 aliphatic heterocycles. The molecule has 1 saturated heterocycles. The second kappa shape index (κ2) is 15.9. The Balaban J connectivity index is 2.09. The number of nitrogens with two attached hydrogens (primary N) is 1. The molecule has 1 fully saturated rings. The summed E-state index contributed by atoms with van der Waals surface area (Å²) in [6.07, 6.45) is 3.56. The number of aliphatic hydroxyl groups excluding tert-OH is 2. The number of thioether (sulfide) groups is 1. The molecule has 5 atom stereocenters. The molecule has 0 aliphatic carbocycles. The molecular weight excluding hydrogens is 575 g/mol. The zero-order chi connectivity index (χ0) is 30.8. The lowest BCUT2D eigenvalue weighted by molar-refractivity contribution is -0.119. The van der Waals surface area contributed by atoms with Gasteiger partial charge in [-0.2, -0.15) is 4.98 Å². The number of hydrogen-bond acceptors (Lipinski definition) is 12. The molecule has 2 rings (SSSR count). The summed E-state index contributed by atoms with van der Waals surface area (Å²) in [6.45, 7) is 6.37. The number of nitrogens with zero attached hydrogens (tertiary/aromatic N) is 3. The lowest BCUT2D eigenvalue weighted by Crippen LogP contribution is -2.46. The Bertz CT molecular complexity index is 1090. The number of carbonyl (C=O) groups excluding carboxylic acids is 1. The van der Waals surface area contributed by atoms with E-state index in [1.807, 2.05) is 0 Å². The van der Waals surface area contributed by atoms with E-state index in [-0.39, 0.29) is 29.9 Å². The minimum atomic E-state index is -3.92. The highest BCUT2D eigenvalue weighted by Crippen LogP contribution is 2.52. The van der Waals surface area contributed by atoms with Crippen LogP contribution in [0.25, 0.3) is 0 Å². The van der Waals surface area contributed by atoms with Crippen LogP contribution in [0.15, 0.2) is 17.1 Å². The number of anilines is 1. The van der Waals surface area contributed by atoms with Gasteiger partial charge in [-0.25, -0.2) is 14.0 Å². The molecule has 1 aliphatic rings. The average molecular weight is 623 g/mol. The standard InChI is InChI=1S/C26H47N4O9PS/c1-6-7-8-9-10-11-13-29(5)40(36,37-15-16-41-23(33)25(2,3)18-31)38-17-19-21(32)26(4,35)22(39-19)30-14-12-20(27)28-24(30)34/h12,14,19,21-22,31-32,35H,6-11,13,15-18H2,1-5H3,(H2,27,28,34)/t19-,21+,22?,26?,40?/m1/s1. The van der Waals surface area contributed by atoms with E-state index in [0.717, 1.165) is 54.9 Å². The zero-order valence-corrected chi connectivity index (χ0v) is 26.4. The summed E-state index contributed by atoms with van der Waals surface area (Å²) in [5.74, 6) is 0.183. The van der Waals surface area contributed by atoms with Crippen LogP contribution in [0, 0.1) is 5.41 Å². The molecule has 0 amide bonds. The number of ether oxygens (including phenoxy) is 1. The van der Waals surface area contributed by atoms with Crippen molar-refractivity contribution in [2.24, 2.45) is 5.41 Å². The summed E-state index contributed by atoms with van der Waals surface area (Å²) in [5.41, 5.74) is 1.97. The molecule has 5 N–H and O–H groups in total. The van der Waals surface area contributed by atoms with Gasteiger partial charge in [0.05, 0.1) is 25.2 Å². The second-order valence-corrected chi connectivity index (χ2v) is 14.4. The van der Waals surface area contributed by atoms with Crippen molar-refractivity contribution in [3.63, 3.8) is 0 Å². The number of rotatable bonds is 18. The molecule has 236 valence electrons. The third-order valence-corrected chi connectivity index (χ3v) is 10.2. The van der Waals surface area contributed by atoms with Crippen molar-refractivity contribution in [3.05, 3.63) is 22.7 Å². The SMILES string of the molecule is CCCCCCCCN(C)P(=O)(OCCSC(=O)C(C)(C)CO)OC[C@H]1OC(n2ccc(N)nc2=O)C(C)(O)[C@H]1O. The number of aliphatic hydroxyl groups is 3. The molecule has 1 aromatic heterocycles. The number of carbonyl (C=O) groups is 1. The smallest absolute Gasteiger partial charge is 0.395 e. The van der Waals surface area contributed by atoms with Crippen LogP contribution in [0.4, 0.5) is 5.82 Å². The number of hydrogen-bond donors (Lipinski definition) is 4. The Labute approximate surface area is 246 Å². The average Bonchev–Trinajstić information content (AvgIpc) is 3.15. The van der Waals surface area contributed by atoms with Crippen LogP contribution in [-0.4, -0.2) is 91.6 Å².